The predicted octanol–water partition coefficient (Wildman–Crippen LogP) is 1.54. The molecule has 0 bridgehead atoms. The molecule has 5 nitrogen and oxygen atoms in total. The molecule has 1 aromatic heterocycles. The van der Waals surface area contributed by atoms with E-state index < -0.39 is 5.60 Å². The molecular weight excluding hydrogens is 230 g/mol. The number of aromatic nitrogens is 3. The molecule has 0 aromatic carbocycles. The third kappa shape index (κ3) is 2.72. The molecule has 0 atom stereocenters. The van der Waals surface area contributed by atoms with Crippen molar-refractivity contribution in [1.82, 2.24) is 14.8 Å². The molecule has 0 unspecified atom stereocenters. The molecule has 1 aromatic rings. The maximum absolute atomic E-state index is 5.81. The van der Waals surface area contributed by atoms with E-state index in [2.05, 4.69) is 10.2 Å². The SMILES string of the molecule is COCCn1c(CCl)nnc1C(C)(C)OC. The number of hydrogen-bond acceptors (Lipinski definition) is 4. The summed E-state index contributed by atoms with van der Waals surface area (Å²) in [5.74, 6) is 1.83. The van der Waals surface area contributed by atoms with Crippen LogP contribution in [0.25, 0.3) is 0 Å². The minimum absolute atomic E-state index is 0.330. The Balaban J connectivity index is 3.04. The third-order valence-electron chi connectivity index (χ3n) is 2.51. The minimum Gasteiger partial charge on any atom is -0.383 e. The van der Waals surface area contributed by atoms with Gasteiger partial charge < -0.3 is 14.0 Å². The second-order valence-corrected chi connectivity index (χ2v) is 4.20. The highest BCUT2D eigenvalue weighted by Gasteiger charge is 2.27. The molecule has 0 amide bonds. The van der Waals surface area contributed by atoms with Crippen LogP contribution in [0, 0.1) is 0 Å². The number of nitrogens with zero attached hydrogens (tertiary/aromatic N) is 3. The number of methoxy groups -OCH3 is 2. The largest absolute Gasteiger partial charge is 0.383 e. The highest BCUT2D eigenvalue weighted by molar-refractivity contribution is 6.16. The van der Waals surface area contributed by atoms with E-state index in [0.29, 0.717) is 19.0 Å². The van der Waals surface area contributed by atoms with Crippen molar-refractivity contribution >= 4 is 11.6 Å². The molecule has 0 aliphatic carbocycles. The van der Waals surface area contributed by atoms with Crippen LogP contribution in [0.2, 0.25) is 0 Å². The highest BCUT2D eigenvalue weighted by atomic mass is 35.5. The fourth-order valence-electron chi connectivity index (χ4n) is 1.39. The fraction of sp³-hybridized carbons (Fsp3) is 0.800. The van der Waals surface area contributed by atoms with E-state index >= 15 is 0 Å². The van der Waals surface area contributed by atoms with Crippen molar-refractivity contribution in [2.75, 3.05) is 20.8 Å². The first kappa shape index (κ1) is 13.4. The first-order chi connectivity index (χ1) is 7.56. The zero-order chi connectivity index (χ0) is 12.2. The number of alkyl halides is 1. The lowest BCUT2D eigenvalue weighted by Gasteiger charge is -2.23. The van der Waals surface area contributed by atoms with Crippen molar-refractivity contribution in [3.8, 4) is 0 Å². The summed E-state index contributed by atoms with van der Waals surface area (Å²) in [6.45, 7) is 5.15. The van der Waals surface area contributed by atoms with Gasteiger partial charge in [-0.05, 0) is 13.8 Å². The quantitative estimate of drug-likeness (QED) is 0.716. The number of halogens is 1. The van der Waals surface area contributed by atoms with Crippen LogP contribution in [0.5, 0.6) is 0 Å². The number of ether oxygens (including phenoxy) is 2. The van der Waals surface area contributed by atoms with Crippen LogP contribution in [0.4, 0.5) is 0 Å². The zero-order valence-electron chi connectivity index (χ0n) is 10.2. The summed E-state index contributed by atoms with van der Waals surface area (Å²) in [6.07, 6.45) is 0. The summed E-state index contributed by atoms with van der Waals surface area (Å²) < 4.78 is 12.4. The Hall–Kier alpha value is -0.650. The van der Waals surface area contributed by atoms with Crippen LogP contribution in [0.1, 0.15) is 25.5 Å². The molecule has 0 spiro atoms. The van der Waals surface area contributed by atoms with Crippen LogP contribution >= 0.6 is 11.6 Å². The second kappa shape index (κ2) is 5.61. The lowest BCUT2D eigenvalue weighted by Crippen LogP contribution is -2.26. The zero-order valence-corrected chi connectivity index (χ0v) is 10.9. The summed E-state index contributed by atoms with van der Waals surface area (Å²) in [6, 6.07) is 0. The van der Waals surface area contributed by atoms with Crippen molar-refractivity contribution in [2.24, 2.45) is 0 Å². The van der Waals surface area contributed by atoms with Crippen molar-refractivity contribution in [3.63, 3.8) is 0 Å². The topological polar surface area (TPSA) is 49.2 Å². The summed E-state index contributed by atoms with van der Waals surface area (Å²) in [5.41, 5.74) is -0.481. The van der Waals surface area contributed by atoms with Gasteiger partial charge in [0.15, 0.2) is 5.82 Å². The van der Waals surface area contributed by atoms with Gasteiger partial charge in [0.1, 0.15) is 11.4 Å². The van der Waals surface area contributed by atoms with Crippen LogP contribution in [0.15, 0.2) is 0 Å². The van der Waals surface area contributed by atoms with E-state index in [9.17, 15) is 0 Å². The van der Waals surface area contributed by atoms with Crippen molar-refractivity contribution < 1.29 is 9.47 Å². The monoisotopic (exact) mass is 247 g/mol. The summed E-state index contributed by atoms with van der Waals surface area (Å²) in [5, 5.41) is 8.18. The van der Waals surface area contributed by atoms with E-state index in [-0.39, 0.29) is 0 Å². The molecule has 92 valence electrons. The normalized spacial score (nSPS) is 12.1. The van der Waals surface area contributed by atoms with E-state index in [4.69, 9.17) is 21.1 Å². The first-order valence-electron chi connectivity index (χ1n) is 5.09. The summed E-state index contributed by atoms with van der Waals surface area (Å²) >= 11 is 5.81. The fourth-order valence-corrected chi connectivity index (χ4v) is 1.59. The molecule has 0 saturated heterocycles. The van der Waals surface area contributed by atoms with Crippen molar-refractivity contribution in [2.45, 2.75) is 31.9 Å². The lowest BCUT2D eigenvalue weighted by molar-refractivity contribution is 0.00724. The number of rotatable bonds is 6. The van der Waals surface area contributed by atoms with Crippen LogP contribution < -0.4 is 0 Å². The molecule has 0 N–H and O–H groups in total. The van der Waals surface area contributed by atoms with Crippen molar-refractivity contribution in [1.29, 1.82) is 0 Å². The molecule has 0 aliphatic heterocycles. The van der Waals surface area contributed by atoms with Crippen LogP contribution in [-0.2, 0) is 27.5 Å². The van der Waals surface area contributed by atoms with Gasteiger partial charge in [-0.3, -0.25) is 0 Å². The Kier molecular flexibility index (Phi) is 4.70. The first-order valence-corrected chi connectivity index (χ1v) is 5.63. The minimum atomic E-state index is -0.481. The standard InChI is InChI=1S/C10H18ClN3O2/c1-10(2,16-4)9-13-12-8(7-11)14(9)5-6-15-3/h5-7H2,1-4H3. The Labute approximate surface area is 101 Å². The van der Waals surface area contributed by atoms with Gasteiger partial charge in [0.05, 0.1) is 12.5 Å². The lowest BCUT2D eigenvalue weighted by atomic mass is 10.1. The van der Waals surface area contributed by atoms with Gasteiger partial charge in [-0.25, -0.2) is 0 Å². The number of hydrogen-bond donors (Lipinski definition) is 0. The Morgan fingerprint density at radius 3 is 2.50 bits per heavy atom. The predicted molar refractivity (Wildman–Crippen MR) is 61.5 cm³/mol. The highest BCUT2D eigenvalue weighted by Crippen LogP contribution is 2.23. The Bertz CT molecular complexity index is 339. The molecule has 6 heteroatoms. The average Bonchev–Trinajstić information content (AvgIpc) is 2.69. The molecule has 0 aliphatic rings. The molecule has 1 heterocycles. The second-order valence-electron chi connectivity index (χ2n) is 3.93. The van der Waals surface area contributed by atoms with Crippen LogP contribution in [-0.4, -0.2) is 35.6 Å². The molecule has 0 fully saturated rings. The van der Waals surface area contributed by atoms with Gasteiger partial charge in [0.25, 0.3) is 0 Å². The van der Waals surface area contributed by atoms with E-state index in [0.717, 1.165) is 11.6 Å². The third-order valence-corrected chi connectivity index (χ3v) is 2.75. The van der Waals surface area contributed by atoms with Gasteiger partial charge in [0.2, 0.25) is 0 Å². The molecule has 0 radical (unpaired) electrons. The summed E-state index contributed by atoms with van der Waals surface area (Å²) in [7, 11) is 3.31. The van der Waals surface area contributed by atoms with Crippen molar-refractivity contribution in [3.05, 3.63) is 11.6 Å². The van der Waals surface area contributed by atoms with Gasteiger partial charge in [0, 0.05) is 20.8 Å². The van der Waals surface area contributed by atoms with Gasteiger partial charge >= 0.3 is 0 Å². The van der Waals surface area contributed by atoms with E-state index in [1.165, 1.54) is 0 Å². The average molecular weight is 248 g/mol. The maximum atomic E-state index is 5.81. The van der Waals surface area contributed by atoms with Gasteiger partial charge in [-0.1, -0.05) is 0 Å². The molecule has 0 saturated carbocycles. The Morgan fingerprint density at radius 2 is 2.00 bits per heavy atom. The molecule has 16 heavy (non-hydrogen) atoms. The molecule has 1 rings (SSSR count). The van der Waals surface area contributed by atoms with Gasteiger partial charge in [-0.15, -0.1) is 21.8 Å². The van der Waals surface area contributed by atoms with E-state index in [1.54, 1.807) is 14.2 Å². The smallest absolute Gasteiger partial charge is 0.164 e. The Morgan fingerprint density at radius 1 is 1.31 bits per heavy atom. The summed E-state index contributed by atoms with van der Waals surface area (Å²) in [4.78, 5) is 0. The van der Waals surface area contributed by atoms with E-state index in [1.807, 2.05) is 18.4 Å². The molecular formula is C10H18ClN3O2. The maximum Gasteiger partial charge on any atom is 0.164 e. The van der Waals surface area contributed by atoms with Gasteiger partial charge in [-0.2, -0.15) is 0 Å². The van der Waals surface area contributed by atoms with Crippen LogP contribution in [0.3, 0.4) is 0 Å².